The van der Waals surface area contributed by atoms with Gasteiger partial charge in [-0.05, 0) is 43.8 Å². The average Bonchev–Trinajstić information content (AvgIpc) is 3.18. The van der Waals surface area contributed by atoms with Gasteiger partial charge in [-0.2, -0.15) is 0 Å². The van der Waals surface area contributed by atoms with Crippen LogP contribution in [0, 0.1) is 0 Å². The van der Waals surface area contributed by atoms with Crippen LogP contribution in [-0.2, 0) is 4.79 Å². The lowest BCUT2D eigenvalue weighted by Gasteiger charge is -2.25. The van der Waals surface area contributed by atoms with Crippen LogP contribution in [0.1, 0.15) is 33.6 Å². The number of nitrogens with zero attached hydrogens (tertiary/aromatic N) is 3. The molecule has 0 bridgehead atoms. The Labute approximate surface area is 164 Å². The molecule has 2 aromatic heterocycles. The summed E-state index contributed by atoms with van der Waals surface area (Å²) in [6.07, 6.45) is 1.43. The third kappa shape index (κ3) is 4.83. The van der Waals surface area contributed by atoms with Gasteiger partial charge in [0, 0.05) is 30.9 Å². The normalized spacial score (nSPS) is 11.1. The van der Waals surface area contributed by atoms with Crippen LogP contribution in [0.3, 0.4) is 0 Å². The van der Waals surface area contributed by atoms with E-state index in [1.54, 1.807) is 11.3 Å². The number of anilines is 1. The SMILES string of the molecule is CCCN(CCC(=O)NC(C)C)c1nc(-c2cccs2)nc2ccccc12. The van der Waals surface area contributed by atoms with Gasteiger partial charge in [-0.1, -0.05) is 25.1 Å². The molecule has 0 radical (unpaired) electrons. The lowest BCUT2D eigenvalue weighted by molar-refractivity contribution is -0.121. The van der Waals surface area contributed by atoms with Gasteiger partial charge in [-0.25, -0.2) is 9.97 Å². The summed E-state index contributed by atoms with van der Waals surface area (Å²) in [5.74, 6) is 1.72. The number of amides is 1. The summed E-state index contributed by atoms with van der Waals surface area (Å²) in [5.41, 5.74) is 0.929. The molecule has 0 aliphatic carbocycles. The number of rotatable bonds is 8. The van der Waals surface area contributed by atoms with Crippen molar-refractivity contribution in [2.75, 3.05) is 18.0 Å². The summed E-state index contributed by atoms with van der Waals surface area (Å²) in [5, 5.41) is 6.02. The molecule has 6 heteroatoms. The van der Waals surface area contributed by atoms with E-state index in [0.29, 0.717) is 13.0 Å². The topological polar surface area (TPSA) is 58.1 Å². The molecule has 0 spiro atoms. The van der Waals surface area contributed by atoms with Crippen LogP contribution in [0.4, 0.5) is 5.82 Å². The molecule has 0 unspecified atom stereocenters. The molecule has 1 aromatic carbocycles. The Balaban J connectivity index is 1.96. The summed E-state index contributed by atoms with van der Waals surface area (Å²) in [6, 6.07) is 12.3. The fraction of sp³-hybridized carbons (Fsp3) is 0.381. The van der Waals surface area contributed by atoms with Crippen molar-refractivity contribution in [1.29, 1.82) is 0 Å². The van der Waals surface area contributed by atoms with E-state index in [-0.39, 0.29) is 11.9 Å². The Hall–Kier alpha value is -2.47. The van der Waals surface area contributed by atoms with Crippen molar-refractivity contribution >= 4 is 34.0 Å². The molecular formula is C21H26N4OS. The number of benzene rings is 1. The van der Waals surface area contributed by atoms with E-state index in [9.17, 15) is 4.79 Å². The summed E-state index contributed by atoms with van der Waals surface area (Å²) >= 11 is 1.64. The minimum Gasteiger partial charge on any atom is -0.355 e. The smallest absolute Gasteiger partial charge is 0.221 e. The van der Waals surface area contributed by atoms with Crippen molar-refractivity contribution in [3.05, 3.63) is 41.8 Å². The molecule has 0 aliphatic rings. The van der Waals surface area contributed by atoms with Crippen LogP contribution < -0.4 is 10.2 Å². The van der Waals surface area contributed by atoms with Crippen molar-refractivity contribution in [2.24, 2.45) is 0 Å². The van der Waals surface area contributed by atoms with Crippen molar-refractivity contribution in [2.45, 2.75) is 39.7 Å². The highest BCUT2D eigenvalue weighted by Crippen LogP contribution is 2.29. The highest BCUT2D eigenvalue weighted by atomic mass is 32.1. The predicted octanol–water partition coefficient (Wildman–Crippen LogP) is 4.49. The number of fused-ring (bicyclic) bond motifs is 1. The fourth-order valence-electron chi connectivity index (χ4n) is 3.04. The second kappa shape index (κ2) is 8.95. The molecule has 27 heavy (non-hydrogen) atoms. The molecule has 1 amide bonds. The molecule has 3 aromatic rings. The van der Waals surface area contributed by atoms with E-state index in [1.807, 2.05) is 49.6 Å². The Morgan fingerprint density at radius 2 is 1.96 bits per heavy atom. The van der Waals surface area contributed by atoms with E-state index >= 15 is 0 Å². The minimum absolute atomic E-state index is 0.0722. The van der Waals surface area contributed by atoms with Crippen LogP contribution in [0.5, 0.6) is 0 Å². The monoisotopic (exact) mass is 382 g/mol. The van der Waals surface area contributed by atoms with Gasteiger partial charge in [0.2, 0.25) is 5.91 Å². The Bertz CT molecular complexity index is 892. The van der Waals surface area contributed by atoms with Gasteiger partial charge in [0.05, 0.1) is 10.4 Å². The van der Waals surface area contributed by atoms with Gasteiger partial charge in [-0.3, -0.25) is 4.79 Å². The number of hydrogen-bond acceptors (Lipinski definition) is 5. The Kier molecular flexibility index (Phi) is 6.40. The highest BCUT2D eigenvalue weighted by molar-refractivity contribution is 7.13. The lowest BCUT2D eigenvalue weighted by atomic mass is 10.2. The van der Waals surface area contributed by atoms with Crippen molar-refractivity contribution < 1.29 is 4.79 Å². The zero-order valence-electron chi connectivity index (χ0n) is 16.1. The number of hydrogen-bond donors (Lipinski definition) is 1. The van der Waals surface area contributed by atoms with Crippen molar-refractivity contribution in [1.82, 2.24) is 15.3 Å². The third-order valence-corrected chi connectivity index (χ3v) is 5.04. The quantitative estimate of drug-likeness (QED) is 0.624. The Morgan fingerprint density at radius 3 is 2.67 bits per heavy atom. The number of aromatic nitrogens is 2. The zero-order valence-corrected chi connectivity index (χ0v) is 16.9. The molecule has 2 heterocycles. The van der Waals surface area contributed by atoms with Crippen LogP contribution >= 0.6 is 11.3 Å². The lowest BCUT2D eigenvalue weighted by Crippen LogP contribution is -2.35. The number of nitrogens with one attached hydrogen (secondary N) is 1. The summed E-state index contributed by atoms with van der Waals surface area (Å²) in [7, 11) is 0. The molecule has 0 saturated carbocycles. The van der Waals surface area contributed by atoms with E-state index in [0.717, 1.165) is 40.4 Å². The van der Waals surface area contributed by atoms with Gasteiger partial charge in [0.25, 0.3) is 0 Å². The minimum atomic E-state index is 0.0722. The number of carbonyl (C=O) groups is 1. The van der Waals surface area contributed by atoms with Crippen LogP contribution in [-0.4, -0.2) is 35.0 Å². The molecule has 5 nitrogen and oxygen atoms in total. The second-order valence-corrected chi connectivity index (χ2v) is 7.77. The predicted molar refractivity (Wildman–Crippen MR) is 113 cm³/mol. The van der Waals surface area contributed by atoms with Crippen molar-refractivity contribution in [3.8, 4) is 10.7 Å². The average molecular weight is 383 g/mol. The fourth-order valence-corrected chi connectivity index (χ4v) is 3.70. The molecule has 3 rings (SSSR count). The Morgan fingerprint density at radius 1 is 1.15 bits per heavy atom. The maximum Gasteiger partial charge on any atom is 0.221 e. The first-order chi connectivity index (χ1) is 13.1. The van der Waals surface area contributed by atoms with E-state index < -0.39 is 0 Å². The first-order valence-electron chi connectivity index (χ1n) is 9.43. The first-order valence-corrected chi connectivity index (χ1v) is 10.3. The second-order valence-electron chi connectivity index (χ2n) is 6.82. The van der Waals surface area contributed by atoms with E-state index in [1.165, 1.54) is 0 Å². The highest BCUT2D eigenvalue weighted by Gasteiger charge is 2.16. The van der Waals surface area contributed by atoms with Gasteiger partial charge < -0.3 is 10.2 Å². The van der Waals surface area contributed by atoms with Gasteiger partial charge in [-0.15, -0.1) is 11.3 Å². The standard InChI is InChI=1S/C21H26N4OS/c1-4-12-25(13-11-19(26)22-15(2)3)21-16-8-5-6-9-17(16)23-20(24-21)18-10-7-14-27-18/h5-10,14-15H,4,11-13H2,1-3H3,(H,22,26). The van der Waals surface area contributed by atoms with Crippen LogP contribution in [0.25, 0.3) is 21.6 Å². The van der Waals surface area contributed by atoms with Crippen LogP contribution in [0.15, 0.2) is 41.8 Å². The largest absolute Gasteiger partial charge is 0.355 e. The van der Waals surface area contributed by atoms with E-state index in [4.69, 9.17) is 9.97 Å². The van der Waals surface area contributed by atoms with Gasteiger partial charge in [0.15, 0.2) is 5.82 Å². The molecule has 0 saturated heterocycles. The molecule has 1 N–H and O–H groups in total. The first kappa shape index (κ1) is 19.3. The maximum absolute atomic E-state index is 12.1. The zero-order chi connectivity index (χ0) is 19.2. The number of carbonyl (C=O) groups excluding carboxylic acids is 1. The molecular weight excluding hydrogens is 356 g/mol. The maximum atomic E-state index is 12.1. The van der Waals surface area contributed by atoms with Crippen LogP contribution in [0.2, 0.25) is 0 Å². The summed E-state index contributed by atoms with van der Waals surface area (Å²) in [6.45, 7) is 7.59. The molecule has 0 fully saturated rings. The molecule has 0 atom stereocenters. The van der Waals surface area contributed by atoms with E-state index in [2.05, 4.69) is 23.2 Å². The van der Waals surface area contributed by atoms with Crippen molar-refractivity contribution in [3.63, 3.8) is 0 Å². The van der Waals surface area contributed by atoms with Gasteiger partial charge >= 0.3 is 0 Å². The molecule has 0 aliphatic heterocycles. The van der Waals surface area contributed by atoms with Gasteiger partial charge in [0.1, 0.15) is 5.82 Å². The molecule has 142 valence electrons. The number of thiophene rings is 1. The third-order valence-electron chi connectivity index (χ3n) is 4.18. The number of para-hydroxylation sites is 1. The summed E-state index contributed by atoms with van der Waals surface area (Å²) in [4.78, 5) is 25.0. The summed E-state index contributed by atoms with van der Waals surface area (Å²) < 4.78 is 0.